The monoisotopic (exact) mass is 415 g/mol. The van der Waals surface area contributed by atoms with E-state index in [1.807, 2.05) is 42.5 Å². The molecule has 0 radical (unpaired) electrons. The summed E-state index contributed by atoms with van der Waals surface area (Å²) in [6, 6.07) is 13.6. The molecule has 0 bridgehead atoms. The molecule has 5 rings (SSSR count). The fraction of sp³-hybridized carbons (Fsp3) is 0.292. The first-order chi connectivity index (χ1) is 15.0. The zero-order valence-corrected chi connectivity index (χ0v) is 17.8. The number of nitrogens with one attached hydrogen (secondary N) is 3. The molecule has 158 valence electrons. The third-order valence-electron chi connectivity index (χ3n) is 5.96. The summed E-state index contributed by atoms with van der Waals surface area (Å²) in [7, 11) is 1.67. The van der Waals surface area contributed by atoms with Crippen molar-refractivity contribution < 1.29 is 9.53 Å². The van der Waals surface area contributed by atoms with Gasteiger partial charge in [-0.05, 0) is 54.7 Å². The lowest BCUT2D eigenvalue weighted by atomic mass is 9.88. The van der Waals surface area contributed by atoms with Crippen LogP contribution in [0.25, 0.3) is 22.3 Å². The van der Waals surface area contributed by atoms with Crippen LogP contribution in [0, 0.1) is 5.92 Å². The van der Waals surface area contributed by atoms with Gasteiger partial charge in [-0.2, -0.15) is 5.10 Å². The summed E-state index contributed by atoms with van der Waals surface area (Å²) in [5.41, 5.74) is 6.42. The highest BCUT2D eigenvalue weighted by Gasteiger charge is 2.28. The van der Waals surface area contributed by atoms with E-state index in [-0.39, 0.29) is 17.9 Å². The number of imidazole rings is 1. The van der Waals surface area contributed by atoms with E-state index in [0.29, 0.717) is 5.69 Å². The number of hydrogen-bond donors (Lipinski definition) is 3. The Labute approximate surface area is 180 Å². The molecule has 0 unspecified atom stereocenters. The number of H-pyrrole nitrogens is 2. The van der Waals surface area contributed by atoms with Crippen molar-refractivity contribution >= 4 is 16.9 Å². The molecule has 7 heteroatoms. The van der Waals surface area contributed by atoms with Gasteiger partial charge in [-0.15, -0.1) is 0 Å². The van der Waals surface area contributed by atoms with Crippen LogP contribution in [-0.2, 0) is 12.8 Å². The smallest absolute Gasteiger partial charge is 0.270 e. The van der Waals surface area contributed by atoms with Crippen LogP contribution in [0.3, 0.4) is 0 Å². The normalized spacial score (nSPS) is 13.7. The molecule has 3 N–H and O–H groups in total. The van der Waals surface area contributed by atoms with Gasteiger partial charge in [-0.25, -0.2) is 4.98 Å². The van der Waals surface area contributed by atoms with Crippen molar-refractivity contribution in [3.05, 3.63) is 65.1 Å². The molecule has 0 fully saturated rings. The average Bonchev–Trinajstić information content (AvgIpc) is 3.40. The second kappa shape index (κ2) is 7.58. The van der Waals surface area contributed by atoms with Crippen LogP contribution in [0.5, 0.6) is 5.75 Å². The van der Waals surface area contributed by atoms with E-state index in [1.165, 1.54) is 5.56 Å². The number of aryl methyl sites for hydroxylation is 1. The largest absolute Gasteiger partial charge is 0.497 e. The first-order valence-corrected chi connectivity index (χ1v) is 10.5. The van der Waals surface area contributed by atoms with Gasteiger partial charge in [0.2, 0.25) is 0 Å². The van der Waals surface area contributed by atoms with Gasteiger partial charge in [0, 0.05) is 11.1 Å². The minimum atomic E-state index is -0.237. The molecular weight excluding hydrogens is 390 g/mol. The number of aromatic amines is 2. The van der Waals surface area contributed by atoms with E-state index in [0.717, 1.165) is 52.3 Å². The maximum Gasteiger partial charge on any atom is 0.270 e. The fourth-order valence-corrected chi connectivity index (χ4v) is 4.30. The molecule has 1 amide bonds. The summed E-state index contributed by atoms with van der Waals surface area (Å²) in [6.45, 7) is 4.15. The number of rotatable bonds is 5. The highest BCUT2D eigenvalue weighted by Crippen LogP contribution is 2.35. The molecule has 2 aromatic heterocycles. The van der Waals surface area contributed by atoms with Crippen molar-refractivity contribution in [1.29, 1.82) is 0 Å². The van der Waals surface area contributed by atoms with Crippen LogP contribution < -0.4 is 10.1 Å². The molecule has 0 aliphatic heterocycles. The van der Waals surface area contributed by atoms with Gasteiger partial charge in [0.05, 0.1) is 29.9 Å². The number of aromatic nitrogens is 4. The molecule has 0 spiro atoms. The van der Waals surface area contributed by atoms with Gasteiger partial charge >= 0.3 is 0 Å². The molecule has 2 aromatic carbocycles. The van der Waals surface area contributed by atoms with E-state index in [2.05, 4.69) is 34.3 Å². The second-order valence-corrected chi connectivity index (χ2v) is 8.28. The van der Waals surface area contributed by atoms with Crippen LogP contribution in [0.2, 0.25) is 0 Å². The Kier molecular flexibility index (Phi) is 4.73. The fourth-order valence-electron chi connectivity index (χ4n) is 4.30. The summed E-state index contributed by atoms with van der Waals surface area (Å²) < 4.78 is 5.34. The zero-order chi connectivity index (χ0) is 21.5. The molecule has 1 atom stereocenters. The first kappa shape index (κ1) is 19.4. The highest BCUT2D eigenvalue weighted by molar-refractivity contribution is 5.96. The second-order valence-electron chi connectivity index (χ2n) is 8.28. The van der Waals surface area contributed by atoms with Crippen LogP contribution in [0.1, 0.15) is 47.3 Å². The quantitative estimate of drug-likeness (QED) is 0.455. The predicted molar refractivity (Wildman–Crippen MR) is 119 cm³/mol. The average molecular weight is 415 g/mol. The summed E-state index contributed by atoms with van der Waals surface area (Å²) >= 11 is 0. The van der Waals surface area contributed by atoms with Crippen molar-refractivity contribution in [2.45, 2.75) is 32.7 Å². The topological polar surface area (TPSA) is 95.7 Å². The number of fused-ring (bicyclic) bond motifs is 4. The Balaban J connectivity index is 1.44. The minimum Gasteiger partial charge on any atom is -0.497 e. The van der Waals surface area contributed by atoms with E-state index >= 15 is 0 Å². The lowest BCUT2D eigenvalue weighted by Gasteiger charge is -2.21. The van der Waals surface area contributed by atoms with Crippen molar-refractivity contribution in [1.82, 2.24) is 25.5 Å². The zero-order valence-electron chi connectivity index (χ0n) is 17.8. The lowest BCUT2D eigenvalue weighted by molar-refractivity contribution is 0.0917. The predicted octanol–water partition coefficient (Wildman–Crippen LogP) is 4.19. The molecule has 7 nitrogen and oxygen atoms in total. The third kappa shape index (κ3) is 3.36. The van der Waals surface area contributed by atoms with Gasteiger partial charge < -0.3 is 15.0 Å². The summed E-state index contributed by atoms with van der Waals surface area (Å²) in [5.74, 6) is 1.60. The van der Waals surface area contributed by atoms with E-state index in [1.54, 1.807) is 7.11 Å². The van der Waals surface area contributed by atoms with Crippen LogP contribution in [0.4, 0.5) is 0 Å². The molecule has 4 aromatic rings. The summed E-state index contributed by atoms with van der Waals surface area (Å²) in [4.78, 5) is 21.3. The lowest BCUT2D eigenvalue weighted by Crippen LogP contribution is -2.33. The Morgan fingerprint density at radius 3 is 2.77 bits per heavy atom. The van der Waals surface area contributed by atoms with Gasteiger partial charge in [-0.1, -0.05) is 26.0 Å². The van der Waals surface area contributed by atoms with Crippen LogP contribution in [0.15, 0.2) is 42.5 Å². The van der Waals surface area contributed by atoms with Crippen molar-refractivity contribution in [2.75, 3.05) is 7.11 Å². The molecule has 0 saturated heterocycles. The van der Waals surface area contributed by atoms with E-state index < -0.39 is 0 Å². The number of para-hydroxylation sites is 2. The standard InChI is InChI=1S/C24H25N5O2/c1-13(2)20(23-25-18-6-4-5-7-19(18)26-23)27-24(30)22-17-10-8-14-12-15(31-3)9-11-16(14)21(17)28-29-22/h4-7,9,11-13,20H,8,10H2,1-3H3,(H,25,26)(H,27,30)(H,28,29)/t20-/m0/s1. The number of ether oxygens (including phenoxy) is 1. The molecule has 31 heavy (non-hydrogen) atoms. The Morgan fingerprint density at radius 1 is 1.16 bits per heavy atom. The van der Waals surface area contributed by atoms with Gasteiger partial charge in [0.25, 0.3) is 5.91 Å². The Bertz CT molecular complexity index is 1240. The Hall–Kier alpha value is -3.61. The number of benzene rings is 2. The molecule has 2 heterocycles. The molecule has 1 aliphatic rings. The van der Waals surface area contributed by atoms with Crippen molar-refractivity contribution in [3.8, 4) is 17.0 Å². The molecule has 0 saturated carbocycles. The van der Waals surface area contributed by atoms with Crippen LogP contribution >= 0.6 is 0 Å². The minimum absolute atomic E-state index is 0.162. The van der Waals surface area contributed by atoms with Gasteiger partial charge in [0.1, 0.15) is 17.3 Å². The molecule has 1 aliphatic carbocycles. The summed E-state index contributed by atoms with van der Waals surface area (Å²) in [5, 5.41) is 10.6. The Morgan fingerprint density at radius 2 is 2.00 bits per heavy atom. The van der Waals surface area contributed by atoms with E-state index in [9.17, 15) is 4.79 Å². The number of carbonyl (C=O) groups excluding carboxylic acids is 1. The van der Waals surface area contributed by atoms with Crippen molar-refractivity contribution in [2.24, 2.45) is 5.92 Å². The maximum atomic E-state index is 13.2. The molecular formula is C24H25N5O2. The highest BCUT2D eigenvalue weighted by atomic mass is 16.5. The first-order valence-electron chi connectivity index (χ1n) is 10.5. The van der Waals surface area contributed by atoms with Gasteiger partial charge in [0.15, 0.2) is 0 Å². The number of hydrogen-bond acceptors (Lipinski definition) is 4. The summed E-state index contributed by atoms with van der Waals surface area (Å²) in [6.07, 6.45) is 1.60. The number of methoxy groups -OCH3 is 1. The SMILES string of the molecule is COc1ccc2c(c1)CCc1c-2n[nH]c1C(=O)N[C@H](c1nc2ccccc2[nH]1)C(C)C. The van der Waals surface area contributed by atoms with Crippen LogP contribution in [-0.4, -0.2) is 33.2 Å². The number of carbonyl (C=O) groups is 1. The van der Waals surface area contributed by atoms with Crippen molar-refractivity contribution in [3.63, 3.8) is 0 Å². The maximum absolute atomic E-state index is 13.2. The third-order valence-corrected chi connectivity index (χ3v) is 5.96. The number of nitrogens with zero attached hydrogens (tertiary/aromatic N) is 2. The number of amides is 1. The van der Waals surface area contributed by atoms with E-state index in [4.69, 9.17) is 9.72 Å². The van der Waals surface area contributed by atoms with Gasteiger partial charge in [-0.3, -0.25) is 9.89 Å².